The third kappa shape index (κ3) is 5.42. The van der Waals surface area contributed by atoms with Crippen LogP contribution in [0.4, 0.5) is 0 Å². The normalized spacial score (nSPS) is 17.7. The molecule has 26 heavy (non-hydrogen) atoms. The Hall–Kier alpha value is -2.15. The van der Waals surface area contributed by atoms with E-state index in [4.69, 9.17) is 16.3 Å². The maximum atomic E-state index is 12.3. The van der Waals surface area contributed by atoms with Crippen molar-refractivity contribution in [1.82, 2.24) is 20.5 Å². The van der Waals surface area contributed by atoms with Gasteiger partial charge in [-0.2, -0.15) is 0 Å². The van der Waals surface area contributed by atoms with Crippen molar-refractivity contribution in [3.05, 3.63) is 59.4 Å². The van der Waals surface area contributed by atoms with Crippen LogP contribution in [-0.2, 0) is 4.79 Å². The molecule has 3 rings (SSSR count). The molecule has 7 heteroatoms. The number of halogens is 1. The number of nitrogens with zero attached hydrogens (tertiary/aromatic N) is 2. The van der Waals surface area contributed by atoms with Crippen molar-refractivity contribution in [2.75, 3.05) is 39.3 Å². The summed E-state index contributed by atoms with van der Waals surface area (Å²) in [6.07, 6.45) is 3.62. The number of hydrogen-bond donors (Lipinski definition) is 2. The Morgan fingerprint density at radius 2 is 2.31 bits per heavy atom. The van der Waals surface area contributed by atoms with Gasteiger partial charge in [0, 0.05) is 43.1 Å². The highest BCUT2D eigenvalue weighted by molar-refractivity contribution is 6.30. The number of piperazine rings is 1. The van der Waals surface area contributed by atoms with Crippen molar-refractivity contribution in [3.63, 3.8) is 0 Å². The largest absolute Gasteiger partial charge is 0.492 e. The lowest BCUT2D eigenvalue weighted by Crippen LogP contribution is -2.49. The van der Waals surface area contributed by atoms with Gasteiger partial charge in [-0.25, -0.2) is 0 Å². The fourth-order valence-corrected chi connectivity index (χ4v) is 3.17. The lowest BCUT2D eigenvalue weighted by Gasteiger charge is -2.35. The minimum atomic E-state index is -0.00418. The average Bonchev–Trinajstić information content (AvgIpc) is 2.66. The number of amides is 1. The van der Waals surface area contributed by atoms with Gasteiger partial charge < -0.3 is 15.4 Å². The minimum absolute atomic E-state index is 0.00418. The van der Waals surface area contributed by atoms with E-state index in [2.05, 4.69) is 26.6 Å². The van der Waals surface area contributed by atoms with Crippen LogP contribution in [0.5, 0.6) is 5.75 Å². The zero-order valence-electron chi connectivity index (χ0n) is 14.5. The molecule has 0 spiro atoms. The summed E-state index contributed by atoms with van der Waals surface area (Å²) in [5.41, 5.74) is 1.12. The third-order valence-corrected chi connectivity index (χ3v) is 4.49. The van der Waals surface area contributed by atoms with Gasteiger partial charge in [-0.1, -0.05) is 23.7 Å². The summed E-state index contributed by atoms with van der Waals surface area (Å²) in [6.45, 7) is 3.73. The van der Waals surface area contributed by atoms with Crippen LogP contribution in [0.15, 0.2) is 48.8 Å². The van der Waals surface area contributed by atoms with Crippen LogP contribution in [0.3, 0.4) is 0 Å². The number of benzene rings is 1. The fraction of sp³-hybridized carbons (Fsp3) is 0.368. The molecular weight excluding hydrogens is 352 g/mol. The molecule has 138 valence electrons. The Morgan fingerprint density at radius 1 is 1.38 bits per heavy atom. The SMILES string of the molecule is O=C(CN1CCNCC1c1cccnc1)NCCOc1cccc(Cl)c1. The highest BCUT2D eigenvalue weighted by atomic mass is 35.5. The highest BCUT2D eigenvalue weighted by Crippen LogP contribution is 2.20. The zero-order chi connectivity index (χ0) is 18.2. The van der Waals surface area contributed by atoms with Gasteiger partial charge >= 0.3 is 0 Å². The first-order valence-corrected chi connectivity index (χ1v) is 9.10. The lowest BCUT2D eigenvalue weighted by atomic mass is 10.1. The summed E-state index contributed by atoms with van der Waals surface area (Å²) in [5.74, 6) is 0.695. The summed E-state index contributed by atoms with van der Waals surface area (Å²) in [7, 11) is 0. The maximum Gasteiger partial charge on any atom is 0.234 e. The molecule has 1 aromatic heterocycles. The molecule has 1 amide bonds. The summed E-state index contributed by atoms with van der Waals surface area (Å²) >= 11 is 5.92. The molecule has 1 fully saturated rings. The number of nitrogens with one attached hydrogen (secondary N) is 2. The molecule has 0 radical (unpaired) electrons. The predicted octanol–water partition coefficient (Wildman–Crippen LogP) is 1.88. The van der Waals surface area contributed by atoms with Crippen molar-refractivity contribution < 1.29 is 9.53 Å². The van der Waals surface area contributed by atoms with Gasteiger partial charge in [0.05, 0.1) is 13.1 Å². The van der Waals surface area contributed by atoms with Crippen LogP contribution >= 0.6 is 11.6 Å². The van der Waals surface area contributed by atoms with Crippen LogP contribution in [0, 0.1) is 0 Å². The quantitative estimate of drug-likeness (QED) is 0.724. The van der Waals surface area contributed by atoms with Crippen LogP contribution in [0.2, 0.25) is 5.02 Å². The topological polar surface area (TPSA) is 66.5 Å². The molecular formula is C19H23ClN4O2. The van der Waals surface area contributed by atoms with E-state index in [0.29, 0.717) is 30.5 Å². The van der Waals surface area contributed by atoms with E-state index in [0.717, 1.165) is 25.2 Å². The fourth-order valence-electron chi connectivity index (χ4n) is 2.99. The second-order valence-corrected chi connectivity index (χ2v) is 6.57. The second-order valence-electron chi connectivity index (χ2n) is 6.13. The van der Waals surface area contributed by atoms with Gasteiger partial charge in [0.15, 0.2) is 0 Å². The molecule has 2 N–H and O–H groups in total. The molecule has 1 unspecified atom stereocenters. The molecule has 6 nitrogen and oxygen atoms in total. The number of rotatable bonds is 7. The highest BCUT2D eigenvalue weighted by Gasteiger charge is 2.25. The first kappa shape index (κ1) is 18.6. The van der Waals surface area contributed by atoms with Gasteiger partial charge in [-0.15, -0.1) is 0 Å². The van der Waals surface area contributed by atoms with Crippen molar-refractivity contribution in [3.8, 4) is 5.75 Å². The Kier molecular flexibility index (Phi) is 6.82. The van der Waals surface area contributed by atoms with Gasteiger partial charge in [-0.3, -0.25) is 14.7 Å². The Bertz CT molecular complexity index is 714. The Morgan fingerprint density at radius 3 is 3.12 bits per heavy atom. The van der Waals surface area contributed by atoms with Gasteiger partial charge in [0.2, 0.25) is 5.91 Å². The summed E-state index contributed by atoms with van der Waals surface area (Å²) in [5, 5.41) is 6.92. The van der Waals surface area contributed by atoms with Crippen molar-refractivity contribution in [2.45, 2.75) is 6.04 Å². The number of aromatic nitrogens is 1. The van der Waals surface area contributed by atoms with Crippen molar-refractivity contribution >= 4 is 17.5 Å². The molecule has 0 bridgehead atoms. The molecule has 1 saturated heterocycles. The molecule has 1 atom stereocenters. The van der Waals surface area contributed by atoms with Crippen molar-refractivity contribution in [2.24, 2.45) is 0 Å². The first-order valence-electron chi connectivity index (χ1n) is 8.72. The molecule has 2 heterocycles. The number of hydrogen-bond acceptors (Lipinski definition) is 5. The van der Waals surface area contributed by atoms with Gasteiger partial charge in [0.1, 0.15) is 12.4 Å². The van der Waals surface area contributed by atoms with Gasteiger partial charge in [-0.05, 0) is 29.8 Å². The van der Waals surface area contributed by atoms with E-state index in [9.17, 15) is 4.79 Å². The van der Waals surface area contributed by atoms with E-state index in [-0.39, 0.29) is 11.9 Å². The Balaban J connectivity index is 1.44. The number of carbonyl (C=O) groups excluding carboxylic acids is 1. The maximum absolute atomic E-state index is 12.3. The third-order valence-electron chi connectivity index (χ3n) is 4.26. The molecule has 1 aliphatic heterocycles. The number of ether oxygens (including phenoxy) is 1. The van der Waals surface area contributed by atoms with Crippen molar-refractivity contribution in [1.29, 1.82) is 0 Å². The molecule has 0 saturated carbocycles. The van der Waals surface area contributed by atoms with E-state index >= 15 is 0 Å². The smallest absolute Gasteiger partial charge is 0.234 e. The molecule has 1 aliphatic rings. The van der Waals surface area contributed by atoms with Crippen LogP contribution in [0.1, 0.15) is 11.6 Å². The average molecular weight is 375 g/mol. The second kappa shape index (κ2) is 9.52. The van der Waals surface area contributed by atoms with Crippen LogP contribution in [-0.4, -0.2) is 55.1 Å². The Labute approximate surface area is 158 Å². The zero-order valence-corrected chi connectivity index (χ0v) is 15.3. The summed E-state index contributed by atoms with van der Waals surface area (Å²) in [6, 6.07) is 11.4. The molecule has 1 aromatic carbocycles. The first-order chi connectivity index (χ1) is 12.7. The van der Waals surface area contributed by atoms with Crippen LogP contribution < -0.4 is 15.4 Å². The van der Waals surface area contributed by atoms with Crippen LogP contribution in [0.25, 0.3) is 0 Å². The van der Waals surface area contributed by atoms with E-state index in [1.54, 1.807) is 18.3 Å². The molecule has 2 aromatic rings. The number of pyridine rings is 1. The summed E-state index contributed by atoms with van der Waals surface area (Å²) < 4.78 is 5.59. The van der Waals surface area contributed by atoms with Gasteiger partial charge in [0.25, 0.3) is 0 Å². The lowest BCUT2D eigenvalue weighted by molar-refractivity contribution is -0.123. The van der Waals surface area contributed by atoms with E-state index in [1.165, 1.54) is 0 Å². The number of carbonyl (C=O) groups is 1. The predicted molar refractivity (Wildman–Crippen MR) is 101 cm³/mol. The standard InChI is InChI=1S/C19H23ClN4O2/c20-16-4-1-5-17(11-16)26-10-8-23-19(25)14-24-9-7-22-13-18(24)15-3-2-6-21-12-15/h1-6,11-12,18,22H,7-10,13-14H2,(H,23,25). The molecule has 0 aliphatic carbocycles. The van der Waals surface area contributed by atoms with E-state index in [1.807, 2.05) is 24.4 Å². The van der Waals surface area contributed by atoms with E-state index < -0.39 is 0 Å². The minimum Gasteiger partial charge on any atom is -0.492 e. The summed E-state index contributed by atoms with van der Waals surface area (Å²) in [4.78, 5) is 18.7. The monoisotopic (exact) mass is 374 g/mol.